The third-order valence-corrected chi connectivity index (χ3v) is 6.71. The molecule has 0 bridgehead atoms. The van der Waals surface area contributed by atoms with Crippen LogP contribution in [0.2, 0.25) is 0 Å². The van der Waals surface area contributed by atoms with Crippen molar-refractivity contribution >= 4 is 11.8 Å². The predicted molar refractivity (Wildman–Crippen MR) is 116 cm³/mol. The van der Waals surface area contributed by atoms with E-state index in [0.29, 0.717) is 25.6 Å². The SMILES string of the molecule is O=C(NCC1CCN(C(=O)C2CC(Cc3ccccc3)C2)CC1)c1cc(F)c(O)c(F)c1. The number of amides is 2. The lowest BCUT2D eigenvalue weighted by molar-refractivity contribution is -0.141. The number of piperidine rings is 1. The van der Waals surface area contributed by atoms with Crippen LogP contribution in [0.4, 0.5) is 8.78 Å². The summed E-state index contributed by atoms with van der Waals surface area (Å²) in [5.74, 6) is -2.84. The van der Waals surface area contributed by atoms with Crippen molar-refractivity contribution in [1.82, 2.24) is 10.2 Å². The van der Waals surface area contributed by atoms with Gasteiger partial charge in [0.1, 0.15) is 0 Å². The van der Waals surface area contributed by atoms with Gasteiger partial charge in [-0.05, 0) is 61.6 Å². The molecule has 1 aliphatic carbocycles. The number of carbonyl (C=O) groups excluding carboxylic acids is 2. The summed E-state index contributed by atoms with van der Waals surface area (Å²) in [5, 5.41) is 11.8. The maximum Gasteiger partial charge on any atom is 0.251 e. The van der Waals surface area contributed by atoms with E-state index in [-0.39, 0.29) is 23.3 Å². The van der Waals surface area contributed by atoms with E-state index < -0.39 is 23.3 Å². The molecule has 1 saturated carbocycles. The van der Waals surface area contributed by atoms with Crippen molar-refractivity contribution in [2.45, 2.75) is 32.1 Å². The van der Waals surface area contributed by atoms with Crippen LogP contribution in [0.3, 0.4) is 0 Å². The molecule has 5 nitrogen and oxygen atoms in total. The zero-order valence-electron chi connectivity index (χ0n) is 17.9. The highest BCUT2D eigenvalue weighted by Gasteiger charge is 2.37. The van der Waals surface area contributed by atoms with Gasteiger partial charge in [-0.3, -0.25) is 9.59 Å². The van der Waals surface area contributed by atoms with Gasteiger partial charge in [0, 0.05) is 31.1 Å². The second-order valence-electron chi connectivity index (χ2n) is 8.99. The van der Waals surface area contributed by atoms with Gasteiger partial charge in [0.2, 0.25) is 5.91 Å². The van der Waals surface area contributed by atoms with E-state index in [1.54, 1.807) is 0 Å². The number of carbonyl (C=O) groups is 2. The molecular formula is C25H28F2N2O3. The molecule has 1 heterocycles. The average Bonchev–Trinajstić information content (AvgIpc) is 2.78. The van der Waals surface area contributed by atoms with Crippen molar-refractivity contribution in [3.63, 3.8) is 0 Å². The zero-order chi connectivity index (χ0) is 22.7. The second kappa shape index (κ2) is 9.67. The van der Waals surface area contributed by atoms with Crippen LogP contribution in [-0.2, 0) is 11.2 Å². The smallest absolute Gasteiger partial charge is 0.251 e. The molecule has 2 amide bonds. The van der Waals surface area contributed by atoms with E-state index in [1.807, 2.05) is 23.1 Å². The van der Waals surface area contributed by atoms with Gasteiger partial charge in [-0.15, -0.1) is 0 Å². The van der Waals surface area contributed by atoms with Crippen LogP contribution in [0.1, 0.15) is 41.6 Å². The summed E-state index contributed by atoms with van der Waals surface area (Å²) in [6.07, 6.45) is 4.49. The summed E-state index contributed by atoms with van der Waals surface area (Å²) in [6, 6.07) is 12.0. The van der Waals surface area contributed by atoms with Gasteiger partial charge in [0.15, 0.2) is 17.4 Å². The Labute approximate surface area is 186 Å². The van der Waals surface area contributed by atoms with E-state index in [0.717, 1.165) is 44.2 Å². The minimum Gasteiger partial charge on any atom is -0.503 e. The minimum absolute atomic E-state index is 0.124. The molecule has 0 aromatic heterocycles. The summed E-state index contributed by atoms with van der Waals surface area (Å²) in [4.78, 5) is 26.9. The van der Waals surface area contributed by atoms with E-state index in [2.05, 4.69) is 17.4 Å². The van der Waals surface area contributed by atoms with Crippen molar-refractivity contribution < 1.29 is 23.5 Å². The number of hydrogen-bond acceptors (Lipinski definition) is 3. The molecule has 0 radical (unpaired) electrons. The zero-order valence-corrected chi connectivity index (χ0v) is 17.9. The van der Waals surface area contributed by atoms with Crippen LogP contribution in [0.25, 0.3) is 0 Å². The number of benzene rings is 2. The normalized spacial score (nSPS) is 21.1. The van der Waals surface area contributed by atoms with Gasteiger partial charge < -0.3 is 15.3 Å². The average molecular weight is 443 g/mol. The fourth-order valence-electron chi connectivity index (χ4n) is 4.70. The molecule has 0 unspecified atom stereocenters. The summed E-state index contributed by atoms with van der Waals surface area (Å²) in [7, 11) is 0. The number of hydrogen-bond donors (Lipinski definition) is 2. The molecule has 170 valence electrons. The van der Waals surface area contributed by atoms with Crippen LogP contribution in [0.5, 0.6) is 5.75 Å². The maximum absolute atomic E-state index is 13.4. The number of halogens is 2. The molecule has 2 aliphatic rings. The van der Waals surface area contributed by atoms with E-state index >= 15 is 0 Å². The van der Waals surface area contributed by atoms with Gasteiger partial charge >= 0.3 is 0 Å². The molecule has 1 saturated heterocycles. The number of phenolic OH excluding ortho intramolecular Hbond substituents is 1. The van der Waals surface area contributed by atoms with Crippen molar-refractivity contribution in [2.24, 2.45) is 17.8 Å². The minimum atomic E-state index is -1.16. The summed E-state index contributed by atoms with van der Waals surface area (Å²) in [6.45, 7) is 1.72. The third kappa shape index (κ3) is 5.09. The van der Waals surface area contributed by atoms with Crippen molar-refractivity contribution in [3.8, 4) is 5.75 Å². The number of rotatable bonds is 6. The molecule has 0 atom stereocenters. The number of nitrogens with one attached hydrogen (secondary N) is 1. The first-order valence-corrected chi connectivity index (χ1v) is 11.2. The van der Waals surface area contributed by atoms with E-state index in [4.69, 9.17) is 5.11 Å². The van der Waals surface area contributed by atoms with Crippen molar-refractivity contribution in [3.05, 3.63) is 65.2 Å². The lowest BCUT2D eigenvalue weighted by Crippen LogP contribution is -2.47. The van der Waals surface area contributed by atoms with Crippen LogP contribution in [0, 0.1) is 29.4 Å². The summed E-state index contributed by atoms with van der Waals surface area (Å²) < 4.78 is 26.9. The number of likely N-dealkylation sites (tertiary alicyclic amines) is 1. The predicted octanol–water partition coefficient (Wildman–Crippen LogP) is 3.91. The van der Waals surface area contributed by atoms with Gasteiger partial charge in [-0.1, -0.05) is 30.3 Å². The lowest BCUT2D eigenvalue weighted by atomic mass is 9.71. The Hall–Kier alpha value is -2.96. The molecule has 1 aliphatic heterocycles. The Kier molecular flexibility index (Phi) is 6.72. The summed E-state index contributed by atoms with van der Waals surface area (Å²) in [5.41, 5.74) is 1.16. The van der Waals surface area contributed by atoms with Crippen LogP contribution in [0.15, 0.2) is 42.5 Å². The van der Waals surface area contributed by atoms with Crippen molar-refractivity contribution in [2.75, 3.05) is 19.6 Å². The molecule has 4 rings (SSSR count). The lowest BCUT2D eigenvalue weighted by Gasteiger charge is -2.40. The van der Waals surface area contributed by atoms with Gasteiger partial charge in [-0.25, -0.2) is 8.78 Å². The van der Waals surface area contributed by atoms with Crippen LogP contribution in [-0.4, -0.2) is 41.5 Å². The highest BCUT2D eigenvalue weighted by Crippen LogP contribution is 2.38. The summed E-state index contributed by atoms with van der Waals surface area (Å²) >= 11 is 0. The van der Waals surface area contributed by atoms with Crippen LogP contribution >= 0.6 is 0 Å². The Morgan fingerprint density at radius 2 is 1.62 bits per heavy atom. The largest absolute Gasteiger partial charge is 0.503 e. The Balaban J connectivity index is 1.18. The monoisotopic (exact) mass is 442 g/mol. The van der Waals surface area contributed by atoms with Crippen LogP contribution < -0.4 is 5.32 Å². The quantitative estimate of drug-likeness (QED) is 0.713. The molecule has 2 aromatic rings. The van der Waals surface area contributed by atoms with E-state index in [9.17, 15) is 18.4 Å². The second-order valence-corrected chi connectivity index (χ2v) is 8.99. The Bertz CT molecular complexity index is 945. The standard InChI is InChI=1S/C25H28F2N2O3/c26-21-13-19(14-22(27)23(21)30)24(31)28-15-17-6-8-29(9-7-17)25(32)20-11-18(12-20)10-16-4-2-1-3-5-16/h1-5,13-14,17-18,20,30H,6-12,15H2,(H,28,31). The molecular weight excluding hydrogens is 414 g/mol. The topological polar surface area (TPSA) is 69.6 Å². The fourth-order valence-corrected chi connectivity index (χ4v) is 4.70. The highest BCUT2D eigenvalue weighted by molar-refractivity contribution is 5.94. The number of nitrogens with zero attached hydrogens (tertiary/aromatic N) is 1. The molecule has 2 N–H and O–H groups in total. The first kappa shape index (κ1) is 22.2. The molecule has 32 heavy (non-hydrogen) atoms. The number of phenols is 1. The first-order valence-electron chi connectivity index (χ1n) is 11.2. The van der Waals surface area contributed by atoms with E-state index in [1.165, 1.54) is 5.56 Å². The molecule has 2 aromatic carbocycles. The molecule has 0 spiro atoms. The van der Waals surface area contributed by atoms with Gasteiger partial charge in [0.25, 0.3) is 5.91 Å². The highest BCUT2D eigenvalue weighted by atomic mass is 19.1. The Morgan fingerprint density at radius 1 is 1.00 bits per heavy atom. The maximum atomic E-state index is 13.4. The Morgan fingerprint density at radius 3 is 2.25 bits per heavy atom. The van der Waals surface area contributed by atoms with Crippen molar-refractivity contribution in [1.29, 1.82) is 0 Å². The fraction of sp³-hybridized carbons (Fsp3) is 0.440. The molecule has 7 heteroatoms. The molecule has 2 fully saturated rings. The number of aromatic hydroxyl groups is 1. The van der Waals surface area contributed by atoms with Gasteiger partial charge in [0.05, 0.1) is 0 Å². The third-order valence-electron chi connectivity index (χ3n) is 6.71. The van der Waals surface area contributed by atoms with Gasteiger partial charge in [-0.2, -0.15) is 0 Å². The first-order chi connectivity index (χ1) is 15.4.